The van der Waals surface area contributed by atoms with Gasteiger partial charge in [0.25, 0.3) is 11.1 Å². The number of aromatic nitrogens is 1. The van der Waals surface area contributed by atoms with Gasteiger partial charge in [-0.1, -0.05) is 19.3 Å². The van der Waals surface area contributed by atoms with Crippen molar-refractivity contribution in [1.29, 1.82) is 0 Å². The van der Waals surface area contributed by atoms with Crippen molar-refractivity contribution in [1.82, 2.24) is 9.88 Å². The highest BCUT2D eigenvalue weighted by Gasteiger charge is 2.26. The molecule has 0 radical (unpaired) electrons. The van der Waals surface area contributed by atoms with Gasteiger partial charge in [-0.2, -0.15) is 0 Å². The van der Waals surface area contributed by atoms with Crippen molar-refractivity contribution >= 4 is 29.0 Å². The minimum Gasteiger partial charge on any atom is -0.346 e. The molecule has 112 valence electrons. The molecule has 1 aliphatic carbocycles. The average molecular weight is 304 g/mol. The number of rotatable bonds is 2. The molecule has 1 N–H and O–H groups in total. The van der Waals surface area contributed by atoms with Gasteiger partial charge in [0.1, 0.15) is 0 Å². The van der Waals surface area contributed by atoms with E-state index in [1.807, 2.05) is 6.08 Å². The molecule has 0 aromatic carbocycles. The van der Waals surface area contributed by atoms with Gasteiger partial charge in [-0.3, -0.25) is 14.9 Å². The number of carbonyl (C=O) groups is 2. The topological polar surface area (TPSA) is 51.1 Å². The highest BCUT2D eigenvalue weighted by atomic mass is 32.2. The Morgan fingerprint density at radius 3 is 2.57 bits per heavy atom. The minimum absolute atomic E-state index is 0.285. The number of hydrogen-bond donors (Lipinski definition) is 1. The highest BCUT2D eigenvalue weighted by molar-refractivity contribution is 8.18. The Hall–Kier alpha value is -1.49. The van der Waals surface area contributed by atoms with Crippen LogP contribution in [-0.2, 0) is 4.79 Å². The molecule has 1 aromatic heterocycles. The third-order valence-corrected chi connectivity index (χ3v) is 5.20. The van der Waals surface area contributed by atoms with Crippen LogP contribution in [0.2, 0.25) is 0 Å². The van der Waals surface area contributed by atoms with Crippen molar-refractivity contribution in [3.8, 4) is 0 Å². The SMILES string of the molecule is Cc1cc(/C=C2\SC(=O)NC2=O)c(C)n1C1CCCCC1. The summed E-state index contributed by atoms with van der Waals surface area (Å²) in [5, 5.41) is 2.02. The Morgan fingerprint density at radius 2 is 1.95 bits per heavy atom. The van der Waals surface area contributed by atoms with E-state index >= 15 is 0 Å². The predicted molar refractivity (Wildman–Crippen MR) is 85.1 cm³/mol. The molecule has 0 atom stereocenters. The number of nitrogens with zero attached hydrogens (tertiary/aromatic N) is 1. The lowest BCUT2D eigenvalue weighted by molar-refractivity contribution is -0.115. The summed E-state index contributed by atoms with van der Waals surface area (Å²) in [6.45, 7) is 4.23. The van der Waals surface area contributed by atoms with Crippen molar-refractivity contribution in [3.05, 3.63) is 27.9 Å². The van der Waals surface area contributed by atoms with E-state index in [1.54, 1.807) is 0 Å². The van der Waals surface area contributed by atoms with Gasteiger partial charge in [0.05, 0.1) is 4.91 Å². The monoisotopic (exact) mass is 304 g/mol. The smallest absolute Gasteiger partial charge is 0.290 e. The van der Waals surface area contributed by atoms with Crippen LogP contribution in [-0.4, -0.2) is 15.7 Å². The fraction of sp³-hybridized carbons (Fsp3) is 0.500. The van der Waals surface area contributed by atoms with Gasteiger partial charge in [0.2, 0.25) is 0 Å². The highest BCUT2D eigenvalue weighted by Crippen LogP contribution is 2.34. The molecule has 2 fully saturated rings. The van der Waals surface area contributed by atoms with E-state index in [0.717, 1.165) is 17.3 Å². The molecule has 1 saturated heterocycles. The molecule has 1 aliphatic heterocycles. The van der Waals surface area contributed by atoms with Crippen molar-refractivity contribution in [3.63, 3.8) is 0 Å². The normalized spacial score (nSPS) is 22.1. The second-order valence-corrected chi connectivity index (χ2v) is 6.86. The lowest BCUT2D eigenvalue weighted by Gasteiger charge is -2.26. The summed E-state index contributed by atoms with van der Waals surface area (Å²) in [4.78, 5) is 23.4. The first-order chi connectivity index (χ1) is 10.1. The molecule has 1 aromatic rings. The maximum Gasteiger partial charge on any atom is 0.290 e. The summed E-state index contributed by atoms with van der Waals surface area (Å²) in [5.74, 6) is -0.285. The van der Waals surface area contributed by atoms with Crippen LogP contribution in [0.25, 0.3) is 6.08 Å². The zero-order chi connectivity index (χ0) is 15.0. The van der Waals surface area contributed by atoms with Gasteiger partial charge in [-0.05, 0) is 56.2 Å². The molecule has 0 spiro atoms. The molecule has 4 nitrogen and oxygen atoms in total. The Balaban J connectivity index is 1.92. The van der Waals surface area contributed by atoms with E-state index in [2.05, 4.69) is 29.8 Å². The van der Waals surface area contributed by atoms with Crippen LogP contribution in [0.1, 0.15) is 55.1 Å². The Bertz CT molecular complexity index is 624. The Morgan fingerprint density at radius 1 is 1.24 bits per heavy atom. The van der Waals surface area contributed by atoms with E-state index in [4.69, 9.17) is 0 Å². The van der Waals surface area contributed by atoms with Crippen molar-refractivity contribution in [2.45, 2.75) is 52.0 Å². The van der Waals surface area contributed by atoms with Gasteiger partial charge >= 0.3 is 0 Å². The van der Waals surface area contributed by atoms with E-state index in [-0.39, 0.29) is 11.1 Å². The largest absolute Gasteiger partial charge is 0.346 e. The summed E-state index contributed by atoms with van der Waals surface area (Å²) < 4.78 is 2.41. The number of thioether (sulfide) groups is 1. The van der Waals surface area contributed by atoms with Gasteiger partial charge in [0, 0.05) is 17.4 Å². The zero-order valence-electron chi connectivity index (χ0n) is 12.4. The average Bonchev–Trinajstić information content (AvgIpc) is 2.91. The molecule has 3 rings (SSSR count). The molecule has 0 bridgehead atoms. The number of aryl methyl sites for hydroxylation is 1. The minimum atomic E-state index is -0.285. The molecule has 21 heavy (non-hydrogen) atoms. The summed E-state index contributed by atoms with van der Waals surface area (Å²) in [7, 11) is 0. The van der Waals surface area contributed by atoms with Crippen LogP contribution in [0.4, 0.5) is 4.79 Å². The molecule has 1 saturated carbocycles. The van der Waals surface area contributed by atoms with Crippen molar-refractivity contribution in [2.24, 2.45) is 0 Å². The van der Waals surface area contributed by atoms with Crippen LogP contribution >= 0.6 is 11.8 Å². The first-order valence-corrected chi connectivity index (χ1v) is 8.31. The third-order valence-electron chi connectivity index (χ3n) is 4.39. The van der Waals surface area contributed by atoms with Crippen LogP contribution in [0.5, 0.6) is 0 Å². The first kappa shape index (κ1) is 14.4. The van der Waals surface area contributed by atoms with Crippen molar-refractivity contribution in [2.75, 3.05) is 0 Å². The summed E-state index contributed by atoms with van der Waals surface area (Å²) in [5.41, 5.74) is 3.48. The van der Waals surface area contributed by atoms with Crippen LogP contribution in [0, 0.1) is 13.8 Å². The summed E-state index contributed by atoms with van der Waals surface area (Å²) >= 11 is 0.980. The van der Waals surface area contributed by atoms with Gasteiger partial charge in [-0.25, -0.2) is 0 Å². The summed E-state index contributed by atoms with van der Waals surface area (Å²) in [6, 6.07) is 2.70. The molecule has 5 heteroatoms. The molecule has 2 amide bonds. The number of imide groups is 1. The summed E-state index contributed by atoms with van der Waals surface area (Å²) in [6.07, 6.45) is 8.24. The molecular formula is C16H20N2O2S. The first-order valence-electron chi connectivity index (χ1n) is 7.49. The molecular weight excluding hydrogens is 284 g/mol. The van der Waals surface area contributed by atoms with Crippen LogP contribution in [0.3, 0.4) is 0 Å². The van der Waals surface area contributed by atoms with E-state index in [0.29, 0.717) is 10.9 Å². The molecule has 0 unspecified atom stereocenters. The maximum absolute atomic E-state index is 11.7. The number of hydrogen-bond acceptors (Lipinski definition) is 3. The fourth-order valence-electron chi connectivity index (χ4n) is 3.41. The second-order valence-electron chi connectivity index (χ2n) is 5.84. The standard InChI is InChI=1S/C16H20N2O2S/c1-10-8-12(9-14-15(19)17-16(20)21-14)11(2)18(10)13-6-4-3-5-7-13/h8-9,13H,3-7H2,1-2H3,(H,17,19,20)/b14-9-. The lowest BCUT2D eigenvalue weighted by Crippen LogP contribution is -2.17. The number of nitrogens with one attached hydrogen (secondary N) is 1. The predicted octanol–water partition coefficient (Wildman–Crippen LogP) is 3.93. The van der Waals surface area contributed by atoms with Crippen LogP contribution < -0.4 is 5.32 Å². The van der Waals surface area contributed by atoms with Gasteiger partial charge in [0.15, 0.2) is 0 Å². The van der Waals surface area contributed by atoms with Crippen LogP contribution in [0.15, 0.2) is 11.0 Å². The Kier molecular flexibility index (Phi) is 3.93. The van der Waals surface area contributed by atoms with Gasteiger partial charge < -0.3 is 4.57 Å². The molecule has 2 heterocycles. The van der Waals surface area contributed by atoms with E-state index in [9.17, 15) is 9.59 Å². The number of carbonyl (C=O) groups excluding carboxylic acids is 2. The second kappa shape index (κ2) is 5.72. The number of amides is 2. The van der Waals surface area contributed by atoms with E-state index in [1.165, 1.54) is 43.5 Å². The third kappa shape index (κ3) is 2.79. The Labute approximate surface area is 129 Å². The fourth-order valence-corrected chi connectivity index (χ4v) is 4.09. The van der Waals surface area contributed by atoms with E-state index < -0.39 is 0 Å². The van der Waals surface area contributed by atoms with Gasteiger partial charge in [-0.15, -0.1) is 0 Å². The quantitative estimate of drug-likeness (QED) is 0.842. The molecule has 2 aliphatic rings. The van der Waals surface area contributed by atoms with Crippen molar-refractivity contribution < 1.29 is 9.59 Å². The maximum atomic E-state index is 11.7. The zero-order valence-corrected chi connectivity index (χ0v) is 13.3. The lowest BCUT2D eigenvalue weighted by atomic mass is 9.95.